The van der Waals surface area contributed by atoms with Crippen molar-refractivity contribution in [2.75, 3.05) is 39.8 Å². The highest BCUT2D eigenvalue weighted by atomic mass is 35.5. The summed E-state index contributed by atoms with van der Waals surface area (Å²) in [5.41, 5.74) is 2.99. The molecule has 3 aromatic rings. The van der Waals surface area contributed by atoms with E-state index in [2.05, 4.69) is 21.4 Å². The van der Waals surface area contributed by atoms with Gasteiger partial charge in [-0.05, 0) is 32.1 Å². The van der Waals surface area contributed by atoms with Gasteiger partial charge >= 0.3 is 6.18 Å². The highest BCUT2D eigenvalue weighted by molar-refractivity contribution is 7.99. The van der Waals surface area contributed by atoms with Crippen LogP contribution in [0.1, 0.15) is 17.2 Å². The Morgan fingerprint density at radius 2 is 1.58 bits per heavy atom. The number of thioether (sulfide) groups is 1. The first-order chi connectivity index (χ1) is 14.9. The Balaban J connectivity index is 0.00000153. The van der Waals surface area contributed by atoms with Crippen molar-refractivity contribution in [1.82, 2.24) is 14.4 Å². The van der Waals surface area contributed by atoms with Gasteiger partial charge in [0.15, 0.2) is 0 Å². The molecule has 0 bridgehead atoms. The third-order valence-corrected chi connectivity index (χ3v) is 7.76. The van der Waals surface area contributed by atoms with Crippen molar-refractivity contribution in [2.24, 2.45) is 0 Å². The summed E-state index contributed by atoms with van der Waals surface area (Å²) in [4.78, 5) is 5.50. The summed E-state index contributed by atoms with van der Waals surface area (Å²) >= 11 is 0.930. The van der Waals surface area contributed by atoms with Gasteiger partial charge in [-0.2, -0.15) is 13.2 Å². The van der Waals surface area contributed by atoms with Crippen molar-refractivity contribution in [3.05, 3.63) is 54.1 Å². The zero-order chi connectivity index (χ0) is 21.6. The summed E-state index contributed by atoms with van der Waals surface area (Å²) in [6.07, 6.45) is -3.39. The lowest BCUT2D eigenvalue weighted by molar-refractivity contribution is -0.129. The lowest BCUT2D eigenvalue weighted by atomic mass is 10.0. The Bertz CT molecular complexity index is 1090. The van der Waals surface area contributed by atoms with Crippen LogP contribution in [0.25, 0.3) is 22.2 Å². The molecule has 9 heteroatoms. The molecule has 2 aliphatic rings. The third kappa shape index (κ3) is 5.03. The van der Waals surface area contributed by atoms with E-state index in [1.54, 1.807) is 0 Å². The quantitative estimate of drug-likeness (QED) is 0.391. The smallest absolute Gasteiger partial charge is 0.340 e. The van der Waals surface area contributed by atoms with Crippen LogP contribution in [-0.2, 0) is 6.54 Å². The number of rotatable bonds is 4. The highest BCUT2D eigenvalue weighted by Crippen LogP contribution is 2.57. The lowest BCUT2D eigenvalue weighted by Crippen LogP contribution is -2.44. The number of aryl methyl sites for hydroxylation is 1. The molecule has 0 aliphatic carbocycles. The third-order valence-electron chi connectivity index (χ3n) is 6.41. The van der Waals surface area contributed by atoms with Crippen LogP contribution < -0.4 is 0 Å². The lowest BCUT2D eigenvalue weighted by Gasteiger charge is -2.32. The normalized spacial score (nSPS) is 18.8. The van der Waals surface area contributed by atoms with Crippen LogP contribution in [0.4, 0.5) is 13.2 Å². The van der Waals surface area contributed by atoms with Crippen molar-refractivity contribution in [2.45, 2.75) is 29.3 Å². The molecule has 33 heavy (non-hydrogen) atoms. The number of aromatic nitrogens is 1. The number of nitrogens with zero attached hydrogens (tertiary/aromatic N) is 3. The van der Waals surface area contributed by atoms with Crippen molar-refractivity contribution < 1.29 is 13.2 Å². The second-order valence-electron chi connectivity index (χ2n) is 8.47. The molecule has 1 fully saturated rings. The second-order valence-corrected chi connectivity index (χ2v) is 9.61. The standard InChI is InChI=1S/C24H26F3N3S.2ClH/c1-28-13-15-29(16-14-28)11-6-12-30-19-9-4-2-7-17(19)21-22(30)18-8-3-5-10-20(18)31-23(21)24(25,26)27;;/h2-5,7-10,23H,6,11-16H2,1H3;2*1H. The molecular formula is C24H28Cl2F3N3S. The van der Waals surface area contributed by atoms with Crippen LogP contribution in [0.3, 0.4) is 0 Å². The Hall–Kier alpha value is -1.38. The number of hydrogen-bond donors (Lipinski definition) is 0. The largest absolute Gasteiger partial charge is 0.404 e. The summed E-state index contributed by atoms with van der Waals surface area (Å²) in [5, 5.41) is -0.817. The van der Waals surface area contributed by atoms with Gasteiger partial charge in [0.1, 0.15) is 5.25 Å². The first kappa shape index (κ1) is 26.2. The molecule has 5 rings (SSSR count). The van der Waals surface area contributed by atoms with E-state index in [0.717, 1.165) is 73.1 Å². The van der Waals surface area contributed by atoms with Crippen molar-refractivity contribution >= 4 is 47.5 Å². The molecule has 180 valence electrons. The van der Waals surface area contributed by atoms with E-state index in [1.165, 1.54) is 0 Å². The Morgan fingerprint density at radius 3 is 2.30 bits per heavy atom. The predicted molar refractivity (Wildman–Crippen MR) is 135 cm³/mol. The van der Waals surface area contributed by atoms with Gasteiger partial charge in [-0.25, -0.2) is 0 Å². The van der Waals surface area contributed by atoms with E-state index in [9.17, 15) is 13.2 Å². The molecule has 3 nitrogen and oxygen atoms in total. The minimum Gasteiger partial charge on any atom is -0.340 e. The first-order valence-electron chi connectivity index (χ1n) is 10.8. The maximum absolute atomic E-state index is 14.1. The number of likely N-dealkylation sites (N-methyl/N-ethyl adjacent to an activating group) is 1. The molecule has 3 heterocycles. The number of piperazine rings is 1. The molecule has 2 aliphatic heterocycles. The first-order valence-corrected chi connectivity index (χ1v) is 11.7. The van der Waals surface area contributed by atoms with E-state index in [4.69, 9.17) is 0 Å². The summed E-state index contributed by atoms with van der Waals surface area (Å²) in [7, 11) is 2.14. The van der Waals surface area contributed by atoms with Crippen LogP contribution in [0.5, 0.6) is 0 Å². The molecule has 1 saturated heterocycles. The number of alkyl halides is 3. The van der Waals surface area contributed by atoms with Crippen LogP contribution in [0.15, 0.2) is 53.4 Å². The van der Waals surface area contributed by atoms with Gasteiger partial charge < -0.3 is 14.4 Å². The fourth-order valence-corrected chi connectivity index (χ4v) is 6.02. The van der Waals surface area contributed by atoms with Gasteiger partial charge in [0.05, 0.1) is 5.69 Å². The minimum absolute atomic E-state index is 0. The van der Waals surface area contributed by atoms with E-state index >= 15 is 0 Å². The average molecular weight is 518 g/mol. The van der Waals surface area contributed by atoms with Crippen molar-refractivity contribution in [3.63, 3.8) is 0 Å². The average Bonchev–Trinajstić information content (AvgIpc) is 3.09. The molecule has 0 saturated carbocycles. The Labute approximate surface area is 209 Å². The van der Waals surface area contributed by atoms with Gasteiger partial charge in [0.2, 0.25) is 0 Å². The number of para-hydroxylation sites is 1. The van der Waals surface area contributed by atoms with Gasteiger partial charge in [-0.3, -0.25) is 0 Å². The SMILES string of the molecule is CN1CCN(CCCn2c3c(c4ccccc42)C(C(F)(F)F)Sc2ccccc2-3)CC1.Cl.Cl. The zero-order valence-electron chi connectivity index (χ0n) is 18.3. The second kappa shape index (κ2) is 10.5. The van der Waals surface area contributed by atoms with E-state index in [1.807, 2.05) is 48.5 Å². The van der Waals surface area contributed by atoms with Gasteiger partial charge in [-0.1, -0.05) is 36.4 Å². The molecule has 2 aromatic carbocycles. The van der Waals surface area contributed by atoms with Crippen LogP contribution in [0, 0.1) is 0 Å². The molecule has 1 atom stereocenters. The molecule has 1 unspecified atom stereocenters. The fraction of sp³-hybridized carbons (Fsp3) is 0.417. The summed E-state index contributed by atoms with van der Waals surface area (Å²) in [5.74, 6) is 0. The number of hydrogen-bond acceptors (Lipinski definition) is 3. The van der Waals surface area contributed by atoms with E-state index in [0.29, 0.717) is 17.0 Å². The van der Waals surface area contributed by atoms with E-state index < -0.39 is 11.4 Å². The number of halogens is 5. The van der Waals surface area contributed by atoms with Crippen LogP contribution in [0.2, 0.25) is 0 Å². The molecule has 0 spiro atoms. The topological polar surface area (TPSA) is 11.4 Å². The van der Waals surface area contributed by atoms with Crippen LogP contribution >= 0.6 is 36.6 Å². The van der Waals surface area contributed by atoms with Gasteiger partial charge in [0, 0.05) is 59.6 Å². The van der Waals surface area contributed by atoms with Crippen molar-refractivity contribution in [3.8, 4) is 11.3 Å². The highest BCUT2D eigenvalue weighted by Gasteiger charge is 2.47. The maximum Gasteiger partial charge on any atom is 0.404 e. The summed E-state index contributed by atoms with van der Waals surface area (Å²) in [6.45, 7) is 5.92. The predicted octanol–water partition coefficient (Wildman–Crippen LogP) is 6.50. The summed E-state index contributed by atoms with van der Waals surface area (Å²) in [6, 6.07) is 15.1. The molecule has 1 aromatic heterocycles. The summed E-state index contributed by atoms with van der Waals surface area (Å²) < 4.78 is 44.5. The molecule has 0 N–H and O–H groups in total. The maximum atomic E-state index is 14.1. The Morgan fingerprint density at radius 1 is 0.909 bits per heavy atom. The zero-order valence-corrected chi connectivity index (χ0v) is 20.8. The number of benzene rings is 2. The van der Waals surface area contributed by atoms with Crippen molar-refractivity contribution in [1.29, 1.82) is 0 Å². The molecule has 0 amide bonds. The fourth-order valence-electron chi connectivity index (χ4n) is 4.82. The van der Waals surface area contributed by atoms with Crippen LogP contribution in [-0.4, -0.2) is 60.3 Å². The van der Waals surface area contributed by atoms with Gasteiger partial charge in [-0.15, -0.1) is 36.6 Å². The van der Waals surface area contributed by atoms with E-state index in [-0.39, 0.29) is 24.8 Å². The minimum atomic E-state index is -4.30. The molecule has 0 radical (unpaired) electrons. The van der Waals surface area contributed by atoms with Gasteiger partial charge in [0.25, 0.3) is 0 Å². The monoisotopic (exact) mass is 517 g/mol. The Kier molecular flexibility index (Phi) is 8.33. The molecular weight excluding hydrogens is 490 g/mol. The number of fused-ring (bicyclic) bond motifs is 5.